The molecule has 2 heterocycles. The Morgan fingerprint density at radius 2 is 2.00 bits per heavy atom. The molecular formula is C15H14ClN5O2. The van der Waals surface area contributed by atoms with Crippen molar-refractivity contribution < 1.29 is 9.59 Å². The van der Waals surface area contributed by atoms with E-state index in [0.29, 0.717) is 35.1 Å². The normalized spacial score (nSPS) is 13.3. The third-order valence-corrected chi connectivity index (χ3v) is 3.65. The highest BCUT2D eigenvalue weighted by Gasteiger charge is 2.18. The van der Waals surface area contributed by atoms with E-state index in [1.165, 1.54) is 30.1 Å². The van der Waals surface area contributed by atoms with Gasteiger partial charge in [-0.1, -0.05) is 11.6 Å². The molecule has 1 aromatic heterocycles. The molecule has 1 aromatic carbocycles. The molecular weight excluding hydrogens is 318 g/mol. The van der Waals surface area contributed by atoms with Crippen LogP contribution in [0.5, 0.6) is 0 Å². The summed E-state index contributed by atoms with van der Waals surface area (Å²) < 4.78 is 1.35. The van der Waals surface area contributed by atoms with E-state index < -0.39 is 0 Å². The molecule has 0 atom stereocenters. The summed E-state index contributed by atoms with van der Waals surface area (Å²) in [5.41, 5.74) is 0.727. The summed E-state index contributed by atoms with van der Waals surface area (Å²) in [5.74, 6) is -0.557. The van der Waals surface area contributed by atoms with Gasteiger partial charge in [0.15, 0.2) is 0 Å². The van der Waals surface area contributed by atoms with E-state index in [4.69, 9.17) is 11.6 Å². The maximum Gasteiger partial charge on any atom is 0.265 e. The second-order valence-corrected chi connectivity index (χ2v) is 5.46. The molecule has 0 bridgehead atoms. The zero-order valence-corrected chi connectivity index (χ0v) is 13.2. The molecule has 1 N–H and O–H groups in total. The Hall–Kier alpha value is -2.54. The fourth-order valence-electron chi connectivity index (χ4n) is 2.37. The highest BCUT2D eigenvalue weighted by atomic mass is 35.5. The second-order valence-electron chi connectivity index (χ2n) is 5.05. The van der Waals surface area contributed by atoms with Crippen LogP contribution in [0.25, 0.3) is 0 Å². The number of benzene rings is 1. The molecule has 0 spiro atoms. The Morgan fingerprint density at radius 3 is 2.65 bits per heavy atom. The molecule has 1 aliphatic rings. The fraction of sp³-hybridized carbons (Fsp3) is 0.267. The van der Waals surface area contributed by atoms with E-state index >= 15 is 0 Å². The summed E-state index contributed by atoms with van der Waals surface area (Å²) in [6, 6.07) is 1.51. The zero-order valence-electron chi connectivity index (χ0n) is 12.4. The van der Waals surface area contributed by atoms with Crippen LogP contribution in [0.3, 0.4) is 0 Å². The maximum atomic E-state index is 12.7. The van der Waals surface area contributed by atoms with E-state index in [1.807, 2.05) is 0 Å². The van der Waals surface area contributed by atoms with Gasteiger partial charge >= 0.3 is 0 Å². The van der Waals surface area contributed by atoms with E-state index in [2.05, 4.69) is 20.3 Å². The van der Waals surface area contributed by atoms with Crippen molar-refractivity contribution in [1.82, 2.24) is 9.55 Å². The first kappa shape index (κ1) is 15.4. The molecule has 0 saturated carbocycles. The number of rotatable bonds is 2. The predicted molar refractivity (Wildman–Crippen MR) is 84.4 cm³/mol. The lowest BCUT2D eigenvalue weighted by Crippen LogP contribution is -2.36. The zero-order chi connectivity index (χ0) is 16.4. The number of carbonyl (C=O) groups is 2. The average molecular weight is 332 g/mol. The van der Waals surface area contributed by atoms with Crippen molar-refractivity contribution in [3.8, 4) is 0 Å². The number of halogens is 1. The third-order valence-electron chi connectivity index (χ3n) is 3.35. The summed E-state index contributed by atoms with van der Waals surface area (Å²) in [6.45, 7) is 2.51. The minimum Gasteiger partial charge on any atom is -0.323 e. The van der Waals surface area contributed by atoms with Crippen molar-refractivity contribution in [1.29, 1.82) is 0 Å². The van der Waals surface area contributed by atoms with Crippen LogP contribution in [0.1, 0.15) is 23.7 Å². The van der Waals surface area contributed by atoms with Gasteiger partial charge in [-0.3, -0.25) is 24.1 Å². The summed E-state index contributed by atoms with van der Waals surface area (Å²) >= 11 is 6.28. The van der Waals surface area contributed by atoms with Gasteiger partial charge in [-0.2, -0.15) is 0 Å². The number of carbonyl (C=O) groups excluding carboxylic acids is 2. The van der Waals surface area contributed by atoms with Crippen LogP contribution >= 0.6 is 11.6 Å². The van der Waals surface area contributed by atoms with Crippen LogP contribution < -0.4 is 16.0 Å². The van der Waals surface area contributed by atoms with E-state index in [0.717, 1.165) is 6.42 Å². The van der Waals surface area contributed by atoms with Gasteiger partial charge in [0, 0.05) is 32.4 Å². The minimum atomic E-state index is -0.295. The number of aromatic nitrogens is 2. The molecule has 23 heavy (non-hydrogen) atoms. The van der Waals surface area contributed by atoms with Gasteiger partial charge in [-0.25, -0.2) is 4.98 Å². The molecule has 118 valence electrons. The second kappa shape index (κ2) is 6.29. The van der Waals surface area contributed by atoms with E-state index in [1.54, 1.807) is 6.20 Å². The number of fused-ring (bicyclic) bond motifs is 1. The van der Waals surface area contributed by atoms with Crippen LogP contribution in [-0.4, -0.2) is 34.5 Å². The van der Waals surface area contributed by atoms with Gasteiger partial charge in [0.05, 0.1) is 21.6 Å². The van der Waals surface area contributed by atoms with Crippen molar-refractivity contribution in [2.75, 3.05) is 18.4 Å². The van der Waals surface area contributed by atoms with Crippen LogP contribution in [-0.2, 0) is 4.79 Å². The molecule has 8 heteroatoms. The molecule has 0 radical (unpaired) electrons. The lowest BCUT2D eigenvalue weighted by atomic mass is 10.1. The number of anilines is 1. The molecule has 0 unspecified atom stereocenters. The molecule has 3 rings (SSSR count). The van der Waals surface area contributed by atoms with Gasteiger partial charge in [0.1, 0.15) is 11.7 Å². The molecule has 2 aromatic rings. The number of nitrogens with zero attached hydrogens (tertiary/aromatic N) is 4. The highest BCUT2D eigenvalue weighted by Crippen LogP contribution is 2.18. The third kappa shape index (κ3) is 3.00. The Bertz CT molecular complexity index is 890. The maximum absolute atomic E-state index is 12.7. The molecule has 1 amide bonds. The highest BCUT2D eigenvalue weighted by molar-refractivity contribution is 6.34. The number of imidazole rings is 1. The molecule has 1 aliphatic heterocycles. The largest absolute Gasteiger partial charge is 0.323 e. The quantitative estimate of drug-likeness (QED) is 0.883. The van der Waals surface area contributed by atoms with Crippen LogP contribution in [0.2, 0.25) is 5.02 Å². The SMILES string of the molecule is CC(=O)Nc1c(Cl)cc(C(=O)n2ccnc2)c2c1=NCCCN=2. The predicted octanol–water partition coefficient (Wildman–Crippen LogP) is 0.826. The van der Waals surface area contributed by atoms with Crippen LogP contribution in [0, 0.1) is 0 Å². The smallest absolute Gasteiger partial charge is 0.265 e. The fourth-order valence-corrected chi connectivity index (χ4v) is 2.61. The number of amides is 1. The number of hydrogen-bond donors (Lipinski definition) is 1. The van der Waals surface area contributed by atoms with Crippen molar-refractivity contribution in [2.24, 2.45) is 9.98 Å². The first-order chi connectivity index (χ1) is 11.1. The Morgan fingerprint density at radius 1 is 1.26 bits per heavy atom. The van der Waals surface area contributed by atoms with Gasteiger partial charge < -0.3 is 5.32 Å². The average Bonchev–Trinajstić information content (AvgIpc) is 2.94. The van der Waals surface area contributed by atoms with E-state index in [9.17, 15) is 9.59 Å². The molecule has 7 nitrogen and oxygen atoms in total. The first-order valence-corrected chi connectivity index (χ1v) is 7.47. The Kier molecular flexibility index (Phi) is 4.20. The van der Waals surface area contributed by atoms with Gasteiger partial charge in [0.25, 0.3) is 5.91 Å². The standard InChI is InChI=1S/C15H14ClN5O2/c1-9(22)20-13-11(16)7-10(15(23)21-6-5-17-8-21)12-14(13)19-4-2-3-18-12/h5-8H,2-4H2,1H3,(H,20,22). The summed E-state index contributed by atoms with van der Waals surface area (Å²) in [5, 5.41) is 3.83. The van der Waals surface area contributed by atoms with Crippen LogP contribution in [0.4, 0.5) is 5.69 Å². The van der Waals surface area contributed by atoms with E-state index in [-0.39, 0.29) is 16.8 Å². The Labute approximate surface area is 136 Å². The van der Waals surface area contributed by atoms with Crippen molar-refractivity contribution in [3.63, 3.8) is 0 Å². The lowest BCUT2D eigenvalue weighted by molar-refractivity contribution is -0.114. The minimum absolute atomic E-state index is 0.253. The molecule has 0 saturated heterocycles. The lowest BCUT2D eigenvalue weighted by Gasteiger charge is -2.09. The van der Waals surface area contributed by atoms with Gasteiger partial charge in [-0.05, 0) is 12.5 Å². The van der Waals surface area contributed by atoms with Crippen molar-refractivity contribution in [2.45, 2.75) is 13.3 Å². The summed E-state index contributed by atoms with van der Waals surface area (Å²) in [4.78, 5) is 36.9. The monoisotopic (exact) mass is 331 g/mol. The van der Waals surface area contributed by atoms with Crippen LogP contribution in [0.15, 0.2) is 34.8 Å². The van der Waals surface area contributed by atoms with Gasteiger partial charge in [-0.15, -0.1) is 0 Å². The van der Waals surface area contributed by atoms with Crippen molar-refractivity contribution >= 4 is 29.1 Å². The topological polar surface area (TPSA) is 88.7 Å². The number of hydrogen-bond acceptors (Lipinski definition) is 5. The first-order valence-electron chi connectivity index (χ1n) is 7.09. The molecule has 0 fully saturated rings. The molecule has 0 aliphatic carbocycles. The number of nitrogens with one attached hydrogen (secondary N) is 1. The summed E-state index contributed by atoms with van der Waals surface area (Å²) in [7, 11) is 0. The summed E-state index contributed by atoms with van der Waals surface area (Å²) in [6.07, 6.45) is 5.26. The Balaban J connectivity index is 2.28. The van der Waals surface area contributed by atoms with Crippen molar-refractivity contribution in [3.05, 3.63) is 46.1 Å². The van der Waals surface area contributed by atoms with Gasteiger partial charge in [0.2, 0.25) is 5.91 Å².